The summed E-state index contributed by atoms with van der Waals surface area (Å²) in [4.78, 5) is 5.26. The number of nitriles is 1. The molecule has 0 saturated carbocycles. The second-order valence-corrected chi connectivity index (χ2v) is 5.60. The molecular formula is C14H12N4OS. The summed E-state index contributed by atoms with van der Waals surface area (Å²) in [5.41, 5.74) is 2.96. The Hall–Kier alpha value is -2.39. The second kappa shape index (κ2) is 4.62. The Bertz CT molecular complexity index is 841. The summed E-state index contributed by atoms with van der Waals surface area (Å²) < 4.78 is 6.97. The number of rotatable bonds is 2. The lowest BCUT2D eigenvalue weighted by Gasteiger charge is -2.07. The summed E-state index contributed by atoms with van der Waals surface area (Å²) in [6.45, 7) is 3.89. The number of ether oxygens (including phenoxy) is 1. The number of hydrogen-bond acceptors (Lipinski definition) is 5. The Morgan fingerprint density at radius 2 is 2.15 bits per heavy atom. The Labute approximate surface area is 120 Å². The third-order valence-electron chi connectivity index (χ3n) is 3.02. The summed E-state index contributed by atoms with van der Waals surface area (Å²) in [5.74, 6) is 0.703. The molecule has 2 heterocycles. The van der Waals surface area contributed by atoms with Crippen LogP contribution in [-0.4, -0.2) is 21.7 Å². The summed E-state index contributed by atoms with van der Waals surface area (Å²) >= 11 is 1.46. The van der Waals surface area contributed by atoms with Gasteiger partial charge in [-0.15, -0.1) is 0 Å². The number of aryl methyl sites for hydroxylation is 2. The summed E-state index contributed by atoms with van der Waals surface area (Å²) in [5, 5.41) is 14.6. The van der Waals surface area contributed by atoms with Gasteiger partial charge in [-0.2, -0.15) is 14.9 Å². The number of aromatic nitrogens is 3. The fourth-order valence-electron chi connectivity index (χ4n) is 2.14. The lowest BCUT2D eigenvalue weighted by molar-refractivity contribution is 0.416. The number of methoxy groups -OCH3 is 1. The van der Waals surface area contributed by atoms with Crippen LogP contribution in [0.1, 0.15) is 16.3 Å². The van der Waals surface area contributed by atoms with Gasteiger partial charge in [0.25, 0.3) is 0 Å². The molecule has 0 aliphatic rings. The average molecular weight is 284 g/mol. The average Bonchev–Trinajstić information content (AvgIpc) is 2.94. The van der Waals surface area contributed by atoms with Gasteiger partial charge in [-0.3, -0.25) is 0 Å². The molecule has 0 atom stereocenters. The first-order valence-electron chi connectivity index (χ1n) is 6.05. The Morgan fingerprint density at radius 3 is 2.85 bits per heavy atom. The van der Waals surface area contributed by atoms with Crippen molar-refractivity contribution in [2.75, 3.05) is 7.11 Å². The molecule has 5 nitrogen and oxygen atoms in total. The molecule has 100 valence electrons. The molecule has 2 aromatic heterocycles. The number of benzene rings is 1. The van der Waals surface area contributed by atoms with E-state index < -0.39 is 0 Å². The molecule has 0 fully saturated rings. The van der Waals surface area contributed by atoms with Crippen molar-refractivity contribution >= 4 is 16.3 Å². The zero-order chi connectivity index (χ0) is 14.3. The molecule has 0 spiro atoms. The van der Waals surface area contributed by atoms with Gasteiger partial charge in [0.05, 0.1) is 7.11 Å². The topological polar surface area (TPSA) is 63.2 Å². The van der Waals surface area contributed by atoms with Gasteiger partial charge in [-0.25, -0.2) is 4.98 Å². The number of hydrogen-bond donors (Lipinski definition) is 0. The maximum atomic E-state index is 9.42. The van der Waals surface area contributed by atoms with E-state index in [0.29, 0.717) is 17.1 Å². The largest absolute Gasteiger partial charge is 0.496 e. The van der Waals surface area contributed by atoms with Crippen LogP contribution in [0, 0.1) is 25.2 Å². The molecule has 20 heavy (non-hydrogen) atoms. The van der Waals surface area contributed by atoms with Gasteiger partial charge in [-0.05, 0) is 26.0 Å². The second-order valence-electron chi connectivity index (χ2n) is 4.44. The van der Waals surface area contributed by atoms with Crippen molar-refractivity contribution in [3.05, 3.63) is 34.5 Å². The zero-order valence-corrected chi connectivity index (χ0v) is 12.2. The quantitative estimate of drug-likeness (QED) is 0.725. The van der Waals surface area contributed by atoms with Crippen LogP contribution in [0.2, 0.25) is 0 Å². The third kappa shape index (κ3) is 1.84. The zero-order valence-electron chi connectivity index (χ0n) is 11.3. The van der Waals surface area contributed by atoms with Crippen LogP contribution in [0.4, 0.5) is 0 Å². The molecule has 0 N–H and O–H groups in total. The van der Waals surface area contributed by atoms with E-state index >= 15 is 0 Å². The minimum absolute atomic E-state index is 0.438. The van der Waals surface area contributed by atoms with E-state index in [0.717, 1.165) is 21.1 Å². The van der Waals surface area contributed by atoms with Crippen molar-refractivity contribution in [1.29, 1.82) is 5.26 Å². The highest BCUT2D eigenvalue weighted by molar-refractivity contribution is 7.16. The van der Waals surface area contributed by atoms with E-state index in [9.17, 15) is 5.26 Å². The van der Waals surface area contributed by atoms with Gasteiger partial charge in [-0.1, -0.05) is 23.0 Å². The van der Waals surface area contributed by atoms with Crippen molar-refractivity contribution in [1.82, 2.24) is 14.6 Å². The molecule has 0 bridgehead atoms. The van der Waals surface area contributed by atoms with Gasteiger partial charge in [0, 0.05) is 5.56 Å². The van der Waals surface area contributed by atoms with Gasteiger partial charge in [0.1, 0.15) is 22.5 Å². The first-order chi connectivity index (χ1) is 9.63. The fourth-order valence-corrected chi connectivity index (χ4v) is 2.88. The Balaban J connectivity index is 2.32. The standard InChI is InChI=1S/C14H12N4OS/c1-8-4-5-12(19-3)10(6-8)13-11(7-15)18-14(16-13)20-9(2)17-18/h4-6H,1-3H3. The van der Waals surface area contributed by atoms with Crippen molar-refractivity contribution in [3.63, 3.8) is 0 Å². The molecule has 3 rings (SSSR count). The van der Waals surface area contributed by atoms with Crippen molar-refractivity contribution in [2.45, 2.75) is 13.8 Å². The molecule has 0 aliphatic carbocycles. The van der Waals surface area contributed by atoms with Crippen LogP contribution in [0.3, 0.4) is 0 Å². The molecule has 1 aromatic carbocycles. The van der Waals surface area contributed by atoms with E-state index in [2.05, 4.69) is 16.2 Å². The van der Waals surface area contributed by atoms with Crippen LogP contribution in [0.25, 0.3) is 16.2 Å². The Morgan fingerprint density at radius 1 is 1.35 bits per heavy atom. The fraction of sp³-hybridized carbons (Fsp3) is 0.214. The lowest BCUT2D eigenvalue weighted by atomic mass is 10.1. The summed E-state index contributed by atoms with van der Waals surface area (Å²) in [6.07, 6.45) is 0. The van der Waals surface area contributed by atoms with Crippen LogP contribution in [-0.2, 0) is 0 Å². The van der Waals surface area contributed by atoms with Crippen LogP contribution in [0.15, 0.2) is 18.2 Å². The third-order valence-corrected chi connectivity index (χ3v) is 3.84. The number of imidazole rings is 1. The number of nitrogens with zero attached hydrogens (tertiary/aromatic N) is 4. The van der Waals surface area contributed by atoms with Crippen molar-refractivity contribution in [2.24, 2.45) is 0 Å². The molecule has 0 unspecified atom stereocenters. The molecule has 0 amide bonds. The van der Waals surface area contributed by atoms with Crippen LogP contribution < -0.4 is 4.74 Å². The molecular weight excluding hydrogens is 272 g/mol. The van der Waals surface area contributed by atoms with Crippen LogP contribution >= 0.6 is 11.3 Å². The van der Waals surface area contributed by atoms with E-state index in [-0.39, 0.29) is 0 Å². The van der Waals surface area contributed by atoms with E-state index in [4.69, 9.17) is 4.74 Å². The Kier molecular flexibility index (Phi) is 2.92. The summed E-state index contributed by atoms with van der Waals surface area (Å²) in [7, 11) is 1.61. The van der Waals surface area contributed by atoms with Crippen LogP contribution in [0.5, 0.6) is 5.75 Å². The van der Waals surface area contributed by atoms with E-state index in [1.165, 1.54) is 11.3 Å². The molecule has 3 aromatic rings. The first kappa shape index (κ1) is 12.6. The normalized spacial score (nSPS) is 10.7. The van der Waals surface area contributed by atoms with Gasteiger partial charge in [0.15, 0.2) is 5.69 Å². The molecule has 0 radical (unpaired) electrons. The maximum Gasteiger partial charge on any atom is 0.213 e. The summed E-state index contributed by atoms with van der Waals surface area (Å²) in [6, 6.07) is 8.02. The first-order valence-corrected chi connectivity index (χ1v) is 6.87. The molecule has 0 aliphatic heterocycles. The SMILES string of the molecule is COc1ccc(C)cc1-c1nc2sc(C)nn2c1C#N. The van der Waals surface area contributed by atoms with Crippen molar-refractivity contribution < 1.29 is 4.74 Å². The lowest BCUT2D eigenvalue weighted by Crippen LogP contribution is -1.93. The van der Waals surface area contributed by atoms with Gasteiger partial charge < -0.3 is 4.74 Å². The molecule has 6 heteroatoms. The van der Waals surface area contributed by atoms with Gasteiger partial charge in [0.2, 0.25) is 4.96 Å². The van der Waals surface area contributed by atoms with Gasteiger partial charge >= 0.3 is 0 Å². The van der Waals surface area contributed by atoms with E-state index in [1.54, 1.807) is 11.6 Å². The highest BCUT2D eigenvalue weighted by Crippen LogP contribution is 2.33. The minimum atomic E-state index is 0.438. The monoisotopic (exact) mass is 284 g/mol. The van der Waals surface area contributed by atoms with Crippen molar-refractivity contribution in [3.8, 4) is 23.1 Å². The predicted molar refractivity (Wildman–Crippen MR) is 77.0 cm³/mol. The predicted octanol–water partition coefficient (Wildman–Crippen LogP) is 2.95. The highest BCUT2D eigenvalue weighted by atomic mass is 32.1. The minimum Gasteiger partial charge on any atom is -0.496 e. The van der Waals surface area contributed by atoms with E-state index in [1.807, 2.05) is 32.0 Å². The molecule has 0 saturated heterocycles. The smallest absolute Gasteiger partial charge is 0.213 e. The number of fused-ring (bicyclic) bond motifs is 1. The highest BCUT2D eigenvalue weighted by Gasteiger charge is 2.19. The maximum absolute atomic E-state index is 9.42.